The molecule has 2 rings (SSSR count). The molecule has 0 amide bonds. The minimum atomic E-state index is -0.202. The lowest BCUT2D eigenvalue weighted by molar-refractivity contribution is 0.312. The van der Waals surface area contributed by atoms with Crippen LogP contribution in [0.25, 0.3) is 0 Å². The number of nitrogens with zero attached hydrogens (tertiary/aromatic N) is 1. The van der Waals surface area contributed by atoms with Gasteiger partial charge in [-0.05, 0) is 68.0 Å². The number of allylic oxidation sites excluding steroid dienone is 1. The molecule has 94 valence electrons. The second-order valence-electron chi connectivity index (χ2n) is 4.98. The average Bonchev–Trinajstić information content (AvgIpc) is 2.53. The molecule has 0 unspecified atom stereocenters. The Morgan fingerprint density at radius 1 is 1.28 bits per heavy atom. The molecule has 0 atom stereocenters. The molecule has 1 nitrogen and oxygen atoms in total. The van der Waals surface area contributed by atoms with Crippen LogP contribution in [0.2, 0.25) is 0 Å². The maximum atomic E-state index is 9.00. The van der Waals surface area contributed by atoms with E-state index in [1.54, 1.807) is 6.07 Å². The molecule has 0 N–H and O–H groups in total. The quantitative estimate of drug-likeness (QED) is 0.697. The van der Waals surface area contributed by atoms with Crippen LogP contribution in [-0.2, 0) is 0 Å². The van der Waals surface area contributed by atoms with E-state index in [0.717, 1.165) is 38.5 Å². The molecular weight excluding hydrogens is 218 g/mol. The number of hydrogen-bond acceptors (Lipinski definition) is 1. The van der Waals surface area contributed by atoms with E-state index in [-0.39, 0.29) is 35.7 Å². The van der Waals surface area contributed by atoms with E-state index in [2.05, 4.69) is 6.58 Å². The summed E-state index contributed by atoms with van der Waals surface area (Å²) in [6.45, 7) is 3.75. The van der Waals surface area contributed by atoms with Gasteiger partial charge in [-0.1, -0.05) is 18.2 Å². The molecule has 1 aromatic carbocycles. The van der Waals surface area contributed by atoms with E-state index in [1.165, 1.54) is 0 Å². The minimum absolute atomic E-state index is 0.0351. The number of benzene rings is 1. The summed E-state index contributed by atoms with van der Waals surface area (Å²) in [5.74, 6) is 0.739. The van der Waals surface area contributed by atoms with Gasteiger partial charge in [-0.2, -0.15) is 5.26 Å². The maximum Gasteiger partial charge on any atom is 0.0991 e. The zero-order valence-corrected chi connectivity index (χ0v) is 10.6. The highest BCUT2D eigenvalue weighted by molar-refractivity contribution is 5.33. The molecule has 0 saturated heterocycles. The van der Waals surface area contributed by atoms with Crippen LogP contribution in [0.15, 0.2) is 36.8 Å². The Morgan fingerprint density at radius 3 is 2.50 bits per heavy atom. The first-order chi connectivity index (χ1) is 10.5. The first-order valence-electron chi connectivity index (χ1n) is 8.62. The predicted molar refractivity (Wildman–Crippen MR) is 75.3 cm³/mol. The summed E-state index contributed by atoms with van der Waals surface area (Å²) < 4.78 is 32.0. The summed E-state index contributed by atoms with van der Waals surface area (Å²) in [6, 6.07) is 1.31. The number of rotatable bonds is 4. The summed E-state index contributed by atoms with van der Waals surface area (Å²) in [4.78, 5) is 0. The van der Waals surface area contributed by atoms with Gasteiger partial charge in [0.1, 0.15) is 0 Å². The van der Waals surface area contributed by atoms with Gasteiger partial charge < -0.3 is 0 Å². The van der Waals surface area contributed by atoms with E-state index in [9.17, 15) is 0 Å². The van der Waals surface area contributed by atoms with Gasteiger partial charge in [0.25, 0.3) is 0 Å². The summed E-state index contributed by atoms with van der Waals surface area (Å²) in [7, 11) is 0. The Kier molecular flexibility index (Phi) is 3.03. The molecule has 0 heterocycles. The van der Waals surface area contributed by atoms with Crippen LogP contribution in [0.4, 0.5) is 0 Å². The zero-order valence-electron chi connectivity index (χ0n) is 14.6. The summed E-state index contributed by atoms with van der Waals surface area (Å²) in [5, 5.41) is 9.00. The van der Waals surface area contributed by atoms with Crippen LogP contribution in [0.3, 0.4) is 0 Å². The number of nitriles is 1. The van der Waals surface area contributed by atoms with Gasteiger partial charge >= 0.3 is 0 Å². The Bertz CT molecular complexity index is 581. The van der Waals surface area contributed by atoms with E-state index in [1.807, 2.05) is 6.08 Å². The predicted octanol–water partition coefficient (Wildman–Crippen LogP) is 4.80. The van der Waals surface area contributed by atoms with Crippen molar-refractivity contribution >= 4 is 0 Å². The number of hydrogen-bond donors (Lipinski definition) is 0. The topological polar surface area (TPSA) is 23.8 Å². The van der Waals surface area contributed by atoms with Gasteiger partial charge in [-0.25, -0.2) is 0 Å². The van der Waals surface area contributed by atoms with Crippen LogP contribution < -0.4 is 0 Å². The van der Waals surface area contributed by atoms with Crippen molar-refractivity contribution in [2.45, 2.75) is 44.4 Å². The average molecular weight is 243 g/mol. The summed E-state index contributed by atoms with van der Waals surface area (Å²) in [6.07, 6.45) is 7.99. The first-order valence-corrected chi connectivity index (χ1v) is 6.62. The van der Waals surface area contributed by atoms with Gasteiger partial charge in [-0.3, -0.25) is 0 Å². The zero-order chi connectivity index (χ0) is 16.3. The Morgan fingerprint density at radius 2 is 1.94 bits per heavy atom. The Labute approximate surface area is 116 Å². The fourth-order valence-electron chi connectivity index (χ4n) is 2.68. The highest BCUT2D eigenvalue weighted by Crippen LogP contribution is 2.37. The molecule has 0 spiro atoms. The van der Waals surface area contributed by atoms with Crippen LogP contribution in [0.5, 0.6) is 0 Å². The second-order valence-corrected chi connectivity index (χ2v) is 4.98. The van der Waals surface area contributed by atoms with E-state index >= 15 is 0 Å². The van der Waals surface area contributed by atoms with Gasteiger partial charge in [0, 0.05) is 0 Å². The molecule has 1 saturated carbocycles. The van der Waals surface area contributed by atoms with Gasteiger partial charge in [-0.15, -0.1) is 6.58 Å². The Hall–Kier alpha value is -1.55. The first kappa shape index (κ1) is 8.53. The smallest absolute Gasteiger partial charge is 0.0991 e. The van der Waals surface area contributed by atoms with Crippen molar-refractivity contribution in [1.82, 2.24) is 0 Å². The third kappa shape index (κ3) is 3.23. The highest BCUT2D eigenvalue weighted by Gasteiger charge is 2.21. The standard InChI is InChI=1S/C17H21N/c1-2-3-4-14-5-9-16(10-6-14)17-11-7-15(13-18)8-12-17/h2,7-8,11-12,14,16H,1,3-6,9-10H2/i7D,8D,11D,12D. The van der Waals surface area contributed by atoms with E-state index in [0.29, 0.717) is 11.5 Å². The molecule has 1 fully saturated rings. The van der Waals surface area contributed by atoms with Crippen molar-refractivity contribution in [3.05, 3.63) is 48.0 Å². The maximum absolute atomic E-state index is 9.00. The van der Waals surface area contributed by atoms with Gasteiger partial charge in [0.2, 0.25) is 0 Å². The lowest BCUT2D eigenvalue weighted by atomic mass is 9.77. The molecule has 0 aromatic heterocycles. The fraction of sp³-hybridized carbons (Fsp3) is 0.471. The molecule has 1 aliphatic carbocycles. The highest BCUT2D eigenvalue weighted by atomic mass is 14.3. The largest absolute Gasteiger partial charge is 0.192 e. The fourth-order valence-corrected chi connectivity index (χ4v) is 2.68. The normalized spacial score (nSPS) is 26.4. The minimum Gasteiger partial charge on any atom is -0.192 e. The molecule has 0 aliphatic heterocycles. The van der Waals surface area contributed by atoms with Gasteiger partial charge in [0.05, 0.1) is 17.1 Å². The van der Waals surface area contributed by atoms with Crippen molar-refractivity contribution in [1.29, 1.82) is 5.26 Å². The Balaban J connectivity index is 2.24. The summed E-state index contributed by atoms with van der Waals surface area (Å²) >= 11 is 0. The third-order valence-corrected chi connectivity index (χ3v) is 3.79. The molecule has 18 heavy (non-hydrogen) atoms. The van der Waals surface area contributed by atoms with Gasteiger partial charge in [0.15, 0.2) is 0 Å². The van der Waals surface area contributed by atoms with Crippen molar-refractivity contribution in [3.8, 4) is 6.07 Å². The third-order valence-electron chi connectivity index (χ3n) is 3.79. The van der Waals surface area contributed by atoms with Crippen LogP contribution >= 0.6 is 0 Å². The van der Waals surface area contributed by atoms with Crippen LogP contribution in [0, 0.1) is 17.2 Å². The lowest BCUT2D eigenvalue weighted by Gasteiger charge is -2.28. The molecule has 1 aliphatic rings. The lowest BCUT2D eigenvalue weighted by Crippen LogP contribution is -2.13. The molecule has 1 heteroatoms. The van der Waals surface area contributed by atoms with Crippen molar-refractivity contribution in [2.75, 3.05) is 0 Å². The van der Waals surface area contributed by atoms with Crippen LogP contribution in [-0.4, -0.2) is 0 Å². The van der Waals surface area contributed by atoms with Crippen LogP contribution in [0.1, 0.15) is 61.1 Å². The molecular formula is C17H21N. The summed E-state index contributed by atoms with van der Waals surface area (Å²) in [5.41, 5.74) is 0.342. The van der Waals surface area contributed by atoms with Crippen molar-refractivity contribution < 1.29 is 5.48 Å². The molecule has 1 aromatic rings. The molecule has 0 radical (unpaired) electrons. The van der Waals surface area contributed by atoms with E-state index in [4.69, 9.17) is 10.7 Å². The SMILES string of the molecule is [2H]c1c([2H])c(C2CCC(CCC=C)CC2)c([2H])c([2H])c1C#N. The van der Waals surface area contributed by atoms with Crippen molar-refractivity contribution in [3.63, 3.8) is 0 Å². The van der Waals surface area contributed by atoms with Crippen molar-refractivity contribution in [2.24, 2.45) is 5.92 Å². The monoisotopic (exact) mass is 243 g/mol. The molecule has 0 bridgehead atoms. The van der Waals surface area contributed by atoms with E-state index < -0.39 is 0 Å². The second kappa shape index (κ2) is 6.40.